The van der Waals surface area contributed by atoms with E-state index in [2.05, 4.69) is 5.32 Å². The van der Waals surface area contributed by atoms with Crippen LogP contribution in [0, 0.1) is 0 Å². The molecule has 0 aliphatic heterocycles. The highest BCUT2D eigenvalue weighted by Crippen LogP contribution is 2.18. The van der Waals surface area contributed by atoms with Gasteiger partial charge in [0, 0.05) is 11.3 Å². The third-order valence-electron chi connectivity index (χ3n) is 3.11. The van der Waals surface area contributed by atoms with Crippen LogP contribution in [-0.2, 0) is 0 Å². The van der Waals surface area contributed by atoms with Crippen LogP contribution in [0.25, 0.3) is 0 Å². The maximum atomic E-state index is 12.1. The molecule has 0 heterocycles. The first-order valence-corrected chi connectivity index (χ1v) is 6.40. The minimum absolute atomic E-state index is 0.0881. The topological polar surface area (TPSA) is 64.3 Å². The number of carbonyl (C=O) groups is 1. The fourth-order valence-corrected chi connectivity index (χ4v) is 1.94. The minimum atomic E-state index is -0.138. The van der Waals surface area contributed by atoms with Gasteiger partial charge < -0.3 is 15.8 Å². The summed E-state index contributed by atoms with van der Waals surface area (Å²) in [5.41, 5.74) is 7.83. The lowest BCUT2D eigenvalue weighted by Gasteiger charge is -2.15. The number of amides is 1. The molecule has 4 heteroatoms. The molecule has 0 radical (unpaired) electrons. The molecule has 0 aliphatic carbocycles. The van der Waals surface area contributed by atoms with Crippen LogP contribution < -0.4 is 15.8 Å². The Bertz CT molecular complexity index is 594. The number of rotatable bonds is 4. The van der Waals surface area contributed by atoms with Crippen molar-refractivity contribution in [2.75, 3.05) is 12.8 Å². The quantitative estimate of drug-likeness (QED) is 0.840. The summed E-state index contributed by atoms with van der Waals surface area (Å²) in [5, 5.41) is 2.94. The van der Waals surface area contributed by atoms with E-state index < -0.39 is 0 Å². The van der Waals surface area contributed by atoms with E-state index in [1.807, 2.05) is 31.2 Å². The van der Waals surface area contributed by atoms with Crippen molar-refractivity contribution >= 4 is 11.6 Å². The third kappa shape index (κ3) is 3.29. The van der Waals surface area contributed by atoms with E-state index in [9.17, 15) is 4.79 Å². The first-order valence-electron chi connectivity index (χ1n) is 6.40. The molecule has 4 nitrogen and oxygen atoms in total. The van der Waals surface area contributed by atoms with Crippen molar-refractivity contribution in [3.05, 3.63) is 59.7 Å². The van der Waals surface area contributed by atoms with Crippen molar-refractivity contribution in [2.24, 2.45) is 0 Å². The number of benzene rings is 2. The number of methoxy groups -OCH3 is 1. The van der Waals surface area contributed by atoms with Crippen LogP contribution in [-0.4, -0.2) is 13.0 Å². The molecule has 104 valence electrons. The smallest absolute Gasteiger partial charge is 0.251 e. The second-order valence-corrected chi connectivity index (χ2v) is 4.59. The number of nitrogens with two attached hydrogens (primary N) is 1. The van der Waals surface area contributed by atoms with Gasteiger partial charge in [-0.05, 0) is 42.8 Å². The molecule has 0 aliphatic rings. The van der Waals surface area contributed by atoms with Crippen molar-refractivity contribution in [1.29, 1.82) is 0 Å². The van der Waals surface area contributed by atoms with Gasteiger partial charge in [-0.15, -0.1) is 0 Å². The summed E-state index contributed by atoms with van der Waals surface area (Å²) in [6.07, 6.45) is 0. The zero-order valence-corrected chi connectivity index (χ0v) is 11.6. The van der Waals surface area contributed by atoms with Crippen molar-refractivity contribution in [3.8, 4) is 5.75 Å². The van der Waals surface area contributed by atoms with Gasteiger partial charge in [0.05, 0.1) is 13.2 Å². The zero-order valence-electron chi connectivity index (χ0n) is 11.6. The van der Waals surface area contributed by atoms with Crippen LogP contribution in [0.4, 0.5) is 5.69 Å². The molecule has 0 saturated carbocycles. The molecule has 2 rings (SSSR count). The highest BCUT2D eigenvalue weighted by atomic mass is 16.5. The van der Waals surface area contributed by atoms with Crippen molar-refractivity contribution in [1.82, 2.24) is 5.32 Å². The largest absolute Gasteiger partial charge is 0.497 e. The summed E-state index contributed by atoms with van der Waals surface area (Å²) in [7, 11) is 1.63. The van der Waals surface area contributed by atoms with Crippen LogP contribution in [0.2, 0.25) is 0 Å². The van der Waals surface area contributed by atoms with E-state index in [1.165, 1.54) is 0 Å². The molecule has 1 amide bonds. The predicted octanol–water partition coefficient (Wildman–Crippen LogP) is 2.77. The number of ether oxygens (including phenoxy) is 1. The minimum Gasteiger partial charge on any atom is -0.497 e. The fourth-order valence-electron chi connectivity index (χ4n) is 1.94. The first-order chi connectivity index (χ1) is 9.60. The number of nitrogen functional groups attached to an aromatic ring is 1. The number of hydrogen-bond donors (Lipinski definition) is 2. The Morgan fingerprint density at radius 3 is 2.50 bits per heavy atom. The summed E-state index contributed by atoms with van der Waals surface area (Å²) in [5.74, 6) is 0.656. The maximum Gasteiger partial charge on any atom is 0.251 e. The Morgan fingerprint density at radius 1 is 1.20 bits per heavy atom. The van der Waals surface area contributed by atoms with Gasteiger partial charge in [0.2, 0.25) is 0 Å². The van der Waals surface area contributed by atoms with Crippen LogP contribution in [0.15, 0.2) is 48.5 Å². The van der Waals surface area contributed by atoms with Gasteiger partial charge >= 0.3 is 0 Å². The summed E-state index contributed by atoms with van der Waals surface area (Å²) >= 11 is 0. The predicted molar refractivity (Wildman–Crippen MR) is 79.7 cm³/mol. The molecule has 2 aromatic carbocycles. The van der Waals surface area contributed by atoms with E-state index >= 15 is 0 Å². The second kappa shape index (κ2) is 6.10. The summed E-state index contributed by atoms with van der Waals surface area (Å²) < 4.78 is 5.11. The Labute approximate surface area is 118 Å². The monoisotopic (exact) mass is 270 g/mol. The maximum absolute atomic E-state index is 12.1. The number of carbonyl (C=O) groups excluding carboxylic acids is 1. The molecule has 0 spiro atoms. The van der Waals surface area contributed by atoms with E-state index in [-0.39, 0.29) is 11.9 Å². The van der Waals surface area contributed by atoms with Gasteiger partial charge in [-0.25, -0.2) is 0 Å². The van der Waals surface area contributed by atoms with Crippen molar-refractivity contribution in [2.45, 2.75) is 13.0 Å². The summed E-state index contributed by atoms with van der Waals surface area (Å²) in [6.45, 7) is 1.94. The van der Waals surface area contributed by atoms with Gasteiger partial charge in [-0.1, -0.05) is 18.2 Å². The average Bonchev–Trinajstić information content (AvgIpc) is 2.47. The fraction of sp³-hybridized carbons (Fsp3) is 0.188. The highest BCUT2D eigenvalue weighted by Gasteiger charge is 2.11. The molecule has 1 atom stereocenters. The van der Waals surface area contributed by atoms with Crippen LogP contribution >= 0.6 is 0 Å². The molecule has 0 fully saturated rings. The molecular weight excluding hydrogens is 252 g/mol. The molecule has 0 aromatic heterocycles. The zero-order chi connectivity index (χ0) is 14.5. The Hall–Kier alpha value is -2.49. The summed E-state index contributed by atoms with van der Waals surface area (Å²) in [6, 6.07) is 14.5. The Balaban J connectivity index is 2.06. The summed E-state index contributed by atoms with van der Waals surface area (Å²) in [4.78, 5) is 12.1. The Kier molecular flexibility index (Phi) is 4.25. The highest BCUT2D eigenvalue weighted by molar-refractivity contribution is 5.95. The van der Waals surface area contributed by atoms with Crippen molar-refractivity contribution in [3.63, 3.8) is 0 Å². The van der Waals surface area contributed by atoms with Gasteiger partial charge in [0.1, 0.15) is 5.75 Å². The third-order valence-corrected chi connectivity index (χ3v) is 3.11. The molecule has 20 heavy (non-hydrogen) atoms. The van der Waals surface area contributed by atoms with E-state index in [0.717, 1.165) is 11.3 Å². The van der Waals surface area contributed by atoms with E-state index in [4.69, 9.17) is 10.5 Å². The SMILES string of the molecule is COc1ccc([C@@H](C)NC(=O)c2cccc(N)c2)cc1. The van der Waals surface area contributed by atoms with Gasteiger partial charge in [-0.3, -0.25) is 4.79 Å². The first kappa shape index (κ1) is 13.9. The number of nitrogens with one attached hydrogen (secondary N) is 1. The van der Waals surface area contributed by atoms with Crippen LogP contribution in [0.5, 0.6) is 5.75 Å². The van der Waals surface area contributed by atoms with Gasteiger partial charge in [-0.2, -0.15) is 0 Å². The van der Waals surface area contributed by atoms with Crippen LogP contribution in [0.3, 0.4) is 0 Å². The normalized spacial score (nSPS) is 11.7. The van der Waals surface area contributed by atoms with E-state index in [0.29, 0.717) is 11.3 Å². The van der Waals surface area contributed by atoms with E-state index in [1.54, 1.807) is 31.4 Å². The average molecular weight is 270 g/mol. The molecule has 0 unspecified atom stereocenters. The molecule has 3 N–H and O–H groups in total. The lowest BCUT2D eigenvalue weighted by atomic mass is 10.1. The Morgan fingerprint density at radius 2 is 1.90 bits per heavy atom. The van der Waals surface area contributed by atoms with Crippen LogP contribution in [0.1, 0.15) is 28.9 Å². The lowest BCUT2D eigenvalue weighted by Crippen LogP contribution is -2.26. The molecule has 2 aromatic rings. The van der Waals surface area contributed by atoms with Gasteiger partial charge in [0.15, 0.2) is 0 Å². The molecule has 0 saturated heterocycles. The second-order valence-electron chi connectivity index (χ2n) is 4.59. The molecular formula is C16H18N2O2. The molecule has 0 bridgehead atoms. The van der Waals surface area contributed by atoms with Gasteiger partial charge in [0.25, 0.3) is 5.91 Å². The van der Waals surface area contributed by atoms with Crippen molar-refractivity contribution < 1.29 is 9.53 Å². The lowest BCUT2D eigenvalue weighted by molar-refractivity contribution is 0.0940. The standard InChI is InChI=1S/C16H18N2O2/c1-11(12-6-8-15(20-2)9-7-12)18-16(19)13-4-3-5-14(17)10-13/h3-11H,17H2,1-2H3,(H,18,19)/t11-/m1/s1. The number of hydrogen-bond acceptors (Lipinski definition) is 3. The number of anilines is 1.